The van der Waals surface area contributed by atoms with Crippen molar-refractivity contribution in [1.29, 1.82) is 0 Å². The first-order chi connectivity index (χ1) is 5.15. The van der Waals surface area contributed by atoms with E-state index in [1.54, 1.807) is 0 Å². The van der Waals surface area contributed by atoms with E-state index >= 15 is 0 Å². The summed E-state index contributed by atoms with van der Waals surface area (Å²) in [6.45, 7) is 4.06. The second kappa shape index (κ2) is 3.27. The zero-order valence-corrected chi connectivity index (χ0v) is 8.63. The molecule has 0 bridgehead atoms. The van der Waals surface area contributed by atoms with E-state index in [2.05, 4.69) is 28.8 Å². The van der Waals surface area contributed by atoms with Crippen molar-refractivity contribution < 1.29 is 0 Å². The van der Waals surface area contributed by atoms with Gasteiger partial charge in [0, 0.05) is 0 Å². The number of anilines is 1. The van der Waals surface area contributed by atoms with Crippen molar-refractivity contribution >= 4 is 22.7 Å². The molecule has 2 nitrogen and oxygen atoms in total. The first-order valence-corrected chi connectivity index (χ1v) is 4.81. The Hall–Kier alpha value is -0.492. The fourth-order valence-electron chi connectivity index (χ4n) is 1.13. The Labute approximate surface area is 75.7 Å². The maximum atomic E-state index is 5.57. The number of nitrogens with two attached hydrogens (primary N) is 1. The van der Waals surface area contributed by atoms with Gasteiger partial charge < -0.3 is 0 Å². The van der Waals surface area contributed by atoms with Gasteiger partial charge in [-0.25, -0.2) is 0 Å². The molecular weight excluding hydrogens is 199 g/mol. The van der Waals surface area contributed by atoms with Crippen LogP contribution in [-0.2, 0) is 5.21 Å². The monoisotopic (exact) mass is 210 g/mol. The number of aryl methyl sites for hydroxylation is 2. The second-order valence-corrected chi connectivity index (χ2v) is 3.25. The summed E-state index contributed by atoms with van der Waals surface area (Å²) in [5.41, 5.74) is 9.13. The number of aromatic nitrogens is 1. The summed E-state index contributed by atoms with van der Waals surface area (Å²) in [6, 6.07) is 1.91. The Morgan fingerprint density at radius 2 is 2.18 bits per heavy atom. The average molecular weight is 210 g/mol. The Morgan fingerprint density at radius 3 is 2.64 bits per heavy atom. The normalized spacial score (nSPS) is 10.1. The van der Waals surface area contributed by atoms with Gasteiger partial charge in [0.25, 0.3) is 0 Å². The van der Waals surface area contributed by atoms with Crippen molar-refractivity contribution in [3.8, 4) is 0 Å². The van der Waals surface area contributed by atoms with Crippen molar-refractivity contribution in [2.75, 3.05) is 5.73 Å². The van der Waals surface area contributed by atoms with E-state index in [1.165, 1.54) is 11.1 Å². The number of rotatable bonds is 1. The molecule has 0 aliphatic heterocycles. The molecule has 1 heterocycles. The third-order valence-electron chi connectivity index (χ3n) is 1.73. The van der Waals surface area contributed by atoms with E-state index in [9.17, 15) is 0 Å². The van der Waals surface area contributed by atoms with Crippen LogP contribution in [0.1, 0.15) is 16.8 Å². The van der Waals surface area contributed by atoms with Crippen LogP contribution in [0.25, 0.3) is 0 Å². The van der Waals surface area contributed by atoms with E-state index in [0.717, 1.165) is 10.9 Å². The van der Waals surface area contributed by atoms with Crippen molar-refractivity contribution in [1.82, 2.24) is 4.98 Å². The molecule has 1 aromatic rings. The van der Waals surface area contributed by atoms with Crippen LogP contribution in [-0.4, -0.2) is 21.8 Å². The van der Waals surface area contributed by atoms with E-state index in [1.807, 2.05) is 13.0 Å². The fourth-order valence-corrected chi connectivity index (χ4v) is 2.13. The topological polar surface area (TPSA) is 38.9 Å². The molecule has 58 valence electrons. The molecule has 0 saturated heterocycles. The van der Waals surface area contributed by atoms with Gasteiger partial charge in [-0.3, -0.25) is 0 Å². The predicted molar refractivity (Wildman–Crippen MR) is 47.6 cm³/mol. The fraction of sp³-hybridized carbons (Fsp3) is 0.375. The standard InChI is InChI=1S/C8H11AsN2/c1-5-3-8(10)11-6(2)7(5)4-9/h3H,4H2,1-2H3,(H2,10,11). The summed E-state index contributed by atoms with van der Waals surface area (Å²) >= 11 is 2.56. The van der Waals surface area contributed by atoms with Gasteiger partial charge in [0.15, 0.2) is 0 Å². The third-order valence-corrected chi connectivity index (χ3v) is 2.40. The Morgan fingerprint density at radius 1 is 1.55 bits per heavy atom. The Balaban J connectivity index is 3.25. The van der Waals surface area contributed by atoms with Gasteiger partial charge in [0.05, 0.1) is 0 Å². The van der Waals surface area contributed by atoms with Crippen molar-refractivity contribution in [3.63, 3.8) is 0 Å². The molecule has 1 rings (SSSR count). The molecule has 0 saturated carbocycles. The minimum absolute atomic E-state index is 0.615. The van der Waals surface area contributed by atoms with Gasteiger partial charge in [-0.2, -0.15) is 0 Å². The molecule has 0 aromatic carbocycles. The van der Waals surface area contributed by atoms with Crippen LogP contribution in [0.15, 0.2) is 6.07 Å². The first-order valence-electron chi connectivity index (χ1n) is 3.48. The molecule has 0 fully saturated rings. The van der Waals surface area contributed by atoms with Gasteiger partial charge in [-0.15, -0.1) is 0 Å². The zero-order chi connectivity index (χ0) is 8.43. The summed E-state index contributed by atoms with van der Waals surface area (Å²) < 4.78 is 0. The molecule has 0 atom stereocenters. The maximum absolute atomic E-state index is 5.57. The molecule has 2 N–H and O–H groups in total. The SMILES string of the molecule is Cc1cc(N)nc(C)c1C[As]. The summed E-state index contributed by atoms with van der Waals surface area (Å²) in [5, 5.41) is 0.970. The van der Waals surface area contributed by atoms with Gasteiger partial charge in [0.2, 0.25) is 0 Å². The van der Waals surface area contributed by atoms with Crippen LogP contribution in [0, 0.1) is 13.8 Å². The quantitative estimate of drug-likeness (QED) is 0.701. The van der Waals surface area contributed by atoms with Gasteiger partial charge in [-0.05, 0) is 0 Å². The molecular formula is C8H11AsN2. The van der Waals surface area contributed by atoms with Crippen LogP contribution in [0.3, 0.4) is 0 Å². The third kappa shape index (κ3) is 1.75. The second-order valence-electron chi connectivity index (χ2n) is 2.59. The van der Waals surface area contributed by atoms with Crippen LogP contribution in [0.5, 0.6) is 0 Å². The van der Waals surface area contributed by atoms with E-state index in [0.29, 0.717) is 5.82 Å². The van der Waals surface area contributed by atoms with Crippen LogP contribution in [0.2, 0.25) is 0 Å². The molecule has 0 unspecified atom stereocenters. The number of nitrogens with zero attached hydrogens (tertiary/aromatic N) is 1. The van der Waals surface area contributed by atoms with Gasteiger partial charge in [-0.1, -0.05) is 0 Å². The zero-order valence-electron chi connectivity index (χ0n) is 6.76. The van der Waals surface area contributed by atoms with Gasteiger partial charge in [0.1, 0.15) is 0 Å². The summed E-state index contributed by atoms with van der Waals surface area (Å²) in [5.74, 6) is 0.615. The average Bonchev–Trinajstić information content (AvgIpc) is 1.85. The molecule has 0 spiro atoms. The summed E-state index contributed by atoms with van der Waals surface area (Å²) in [6.07, 6.45) is 0. The van der Waals surface area contributed by atoms with E-state index in [-0.39, 0.29) is 0 Å². The molecule has 2 radical (unpaired) electrons. The molecule has 0 amide bonds. The van der Waals surface area contributed by atoms with E-state index in [4.69, 9.17) is 5.73 Å². The Bertz CT molecular complexity index is 248. The van der Waals surface area contributed by atoms with Gasteiger partial charge >= 0.3 is 75.3 Å². The summed E-state index contributed by atoms with van der Waals surface area (Å²) in [4.78, 5) is 4.17. The number of hydrogen-bond acceptors (Lipinski definition) is 2. The number of hydrogen-bond donors (Lipinski definition) is 1. The molecule has 3 heteroatoms. The van der Waals surface area contributed by atoms with Crippen molar-refractivity contribution in [3.05, 3.63) is 22.9 Å². The molecule has 0 aliphatic carbocycles. The van der Waals surface area contributed by atoms with Crippen molar-refractivity contribution in [2.45, 2.75) is 19.1 Å². The first kappa shape index (κ1) is 8.60. The van der Waals surface area contributed by atoms with Crippen LogP contribution < -0.4 is 5.73 Å². The predicted octanol–water partition coefficient (Wildman–Crippen LogP) is 0.949. The van der Waals surface area contributed by atoms with E-state index < -0.39 is 0 Å². The Kier molecular flexibility index (Phi) is 2.56. The van der Waals surface area contributed by atoms with Crippen LogP contribution in [0.4, 0.5) is 5.82 Å². The molecule has 0 aliphatic rings. The number of nitrogen functional groups attached to an aromatic ring is 1. The summed E-state index contributed by atoms with van der Waals surface area (Å²) in [7, 11) is 0. The van der Waals surface area contributed by atoms with Crippen LogP contribution >= 0.6 is 0 Å². The molecule has 11 heavy (non-hydrogen) atoms. The number of pyridine rings is 1. The molecule has 1 aromatic heterocycles. The minimum atomic E-state index is 0.615. The van der Waals surface area contributed by atoms with Crippen molar-refractivity contribution in [2.24, 2.45) is 0 Å².